The van der Waals surface area contributed by atoms with Gasteiger partial charge in [0.25, 0.3) is 0 Å². The molecule has 2 fully saturated rings. The number of piperidine rings is 2. The van der Waals surface area contributed by atoms with Gasteiger partial charge in [0.1, 0.15) is 6.61 Å². The molecule has 0 radical (unpaired) electrons. The van der Waals surface area contributed by atoms with Crippen molar-refractivity contribution in [3.63, 3.8) is 0 Å². The number of quaternary nitrogens is 1. The number of esters is 1. The Morgan fingerprint density at radius 2 is 2.06 bits per heavy atom. The topological polar surface area (TPSA) is 26.3 Å². The fourth-order valence-corrected chi connectivity index (χ4v) is 3.80. The van der Waals surface area contributed by atoms with Crippen LogP contribution >= 0.6 is 0 Å². The first-order valence-corrected chi connectivity index (χ1v) is 7.29. The highest BCUT2D eigenvalue weighted by Crippen LogP contribution is 2.36. The molecule has 2 rings (SSSR count). The quantitative estimate of drug-likeness (QED) is 0.438. The SMILES string of the molecule is C/C=C/C(=O)OCC1CCC[N+]2(C)CCCCC12. The van der Waals surface area contributed by atoms with Crippen LogP contribution < -0.4 is 0 Å². The van der Waals surface area contributed by atoms with Crippen molar-refractivity contribution in [1.82, 2.24) is 0 Å². The summed E-state index contributed by atoms with van der Waals surface area (Å²) < 4.78 is 6.59. The second-order valence-corrected chi connectivity index (χ2v) is 6.02. The van der Waals surface area contributed by atoms with Crippen molar-refractivity contribution >= 4 is 5.97 Å². The molecule has 0 N–H and O–H groups in total. The Morgan fingerprint density at radius 1 is 1.28 bits per heavy atom. The molecular weight excluding hydrogens is 226 g/mol. The highest BCUT2D eigenvalue weighted by atomic mass is 16.5. The summed E-state index contributed by atoms with van der Waals surface area (Å²) in [5.41, 5.74) is 0. The van der Waals surface area contributed by atoms with E-state index in [1.54, 1.807) is 6.08 Å². The predicted octanol–water partition coefficient (Wildman–Crippen LogP) is 2.51. The molecule has 3 atom stereocenters. The van der Waals surface area contributed by atoms with Crippen LogP contribution in [0.1, 0.15) is 39.0 Å². The van der Waals surface area contributed by atoms with Crippen LogP contribution in [0.25, 0.3) is 0 Å². The number of fused-ring (bicyclic) bond motifs is 1. The maximum absolute atomic E-state index is 11.4. The lowest BCUT2D eigenvalue weighted by atomic mass is 9.82. The standard InChI is InChI=1S/C15H26NO2/c1-3-7-15(17)18-12-13-8-6-11-16(2)10-5-4-9-14(13)16/h3,7,13-14H,4-6,8-12H2,1-2H3/q+1/b7-3+. The molecule has 0 aliphatic carbocycles. The maximum Gasteiger partial charge on any atom is 0.330 e. The van der Waals surface area contributed by atoms with Gasteiger partial charge in [0, 0.05) is 18.4 Å². The molecule has 3 unspecified atom stereocenters. The molecule has 3 nitrogen and oxygen atoms in total. The number of carbonyl (C=O) groups excluding carboxylic acids is 1. The Hall–Kier alpha value is -0.830. The number of nitrogens with zero attached hydrogens (tertiary/aromatic N) is 1. The molecule has 2 saturated heterocycles. The highest BCUT2D eigenvalue weighted by Gasteiger charge is 2.43. The van der Waals surface area contributed by atoms with Crippen molar-refractivity contribution in [2.75, 3.05) is 26.7 Å². The number of rotatable bonds is 3. The summed E-state index contributed by atoms with van der Waals surface area (Å²) in [6.45, 7) is 5.08. The first kappa shape index (κ1) is 13.6. The van der Waals surface area contributed by atoms with Crippen LogP contribution in [0.5, 0.6) is 0 Å². The van der Waals surface area contributed by atoms with E-state index in [4.69, 9.17) is 4.74 Å². The molecular formula is C15H26NO2+. The van der Waals surface area contributed by atoms with Gasteiger partial charge in [-0.1, -0.05) is 6.08 Å². The van der Waals surface area contributed by atoms with Crippen LogP contribution in [0.4, 0.5) is 0 Å². The van der Waals surface area contributed by atoms with Crippen LogP contribution in [-0.4, -0.2) is 43.2 Å². The van der Waals surface area contributed by atoms with Crippen molar-refractivity contribution in [3.05, 3.63) is 12.2 Å². The Bertz CT molecular complexity index is 322. The zero-order valence-corrected chi connectivity index (χ0v) is 11.7. The lowest BCUT2D eigenvalue weighted by Gasteiger charge is -2.51. The van der Waals surface area contributed by atoms with Crippen LogP contribution in [0, 0.1) is 5.92 Å². The summed E-state index contributed by atoms with van der Waals surface area (Å²) in [7, 11) is 2.39. The fraction of sp³-hybridized carbons (Fsp3) is 0.800. The maximum atomic E-state index is 11.4. The van der Waals surface area contributed by atoms with E-state index < -0.39 is 0 Å². The van der Waals surface area contributed by atoms with E-state index in [9.17, 15) is 4.79 Å². The Kier molecular flexibility index (Phi) is 4.44. The minimum atomic E-state index is -0.187. The van der Waals surface area contributed by atoms with Crippen LogP contribution in [0.2, 0.25) is 0 Å². The van der Waals surface area contributed by atoms with E-state index in [1.165, 1.54) is 55.8 Å². The average Bonchev–Trinajstić information content (AvgIpc) is 2.35. The van der Waals surface area contributed by atoms with Crippen LogP contribution in [-0.2, 0) is 9.53 Å². The summed E-state index contributed by atoms with van der Waals surface area (Å²) in [5.74, 6) is 0.381. The van der Waals surface area contributed by atoms with Crippen molar-refractivity contribution in [2.24, 2.45) is 5.92 Å². The summed E-state index contributed by atoms with van der Waals surface area (Å²) in [4.78, 5) is 11.4. The molecule has 0 saturated carbocycles. The molecule has 2 aliphatic rings. The van der Waals surface area contributed by atoms with Gasteiger partial charge < -0.3 is 9.22 Å². The molecule has 18 heavy (non-hydrogen) atoms. The van der Waals surface area contributed by atoms with Gasteiger partial charge in [-0.2, -0.15) is 0 Å². The number of allylic oxidation sites excluding steroid dienone is 1. The van der Waals surface area contributed by atoms with Gasteiger partial charge >= 0.3 is 5.97 Å². The highest BCUT2D eigenvalue weighted by molar-refractivity contribution is 5.81. The molecule has 2 heterocycles. The third-order valence-corrected chi connectivity index (χ3v) is 4.75. The number of carbonyl (C=O) groups is 1. The third kappa shape index (κ3) is 2.94. The molecule has 0 aromatic heterocycles. The molecule has 0 aromatic carbocycles. The Labute approximate surface area is 110 Å². The molecule has 0 aromatic rings. The zero-order valence-electron chi connectivity index (χ0n) is 11.7. The summed E-state index contributed by atoms with van der Waals surface area (Å²) in [6, 6.07) is 0.714. The van der Waals surface area contributed by atoms with E-state index in [1.807, 2.05) is 6.92 Å². The number of hydrogen-bond acceptors (Lipinski definition) is 2. The van der Waals surface area contributed by atoms with Gasteiger partial charge in [0.15, 0.2) is 0 Å². The van der Waals surface area contributed by atoms with Gasteiger partial charge in [0.05, 0.1) is 26.2 Å². The van der Waals surface area contributed by atoms with Crippen LogP contribution in [0.15, 0.2) is 12.2 Å². The fourth-order valence-electron chi connectivity index (χ4n) is 3.80. The molecule has 0 spiro atoms. The van der Waals surface area contributed by atoms with E-state index >= 15 is 0 Å². The van der Waals surface area contributed by atoms with Gasteiger partial charge in [-0.15, -0.1) is 0 Å². The summed E-state index contributed by atoms with van der Waals surface area (Å²) >= 11 is 0. The number of ether oxygens (including phenoxy) is 1. The van der Waals surface area contributed by atoms with Crippen molar-refractivity contribution < 1.29 is 14.0 Å². The zero-order chi connectivity index (χ0) is 13.0. The van der Waals surface area contributed by atoms with E-state index in [-0.39, 0.29) is 5.97 Å². The first-order valence-electron chi connectivity index (χ1n) is 7.29. The minimum absolute atomic E-state index is 0.187. The van der Waals surface area contributed by atoms with Crippen LogP contribution in [0.3, 0.4) is 0 Å². The molecule has 3 heteroatoms. The second-order valence-electron chi connectivity index (χ2n) is 6.02. The minimum Gasteiger partial charge on any atom is -0.462 e. The summed E-state index contributed by atoms with van der Waals surface area (Å²) in [5, 5.41) is 0. The molecule has 0 amide bonds. The molecule has 0 bridgehead atoms. The number of hydrogen-bond donors (Lipinski definition) is 0. The lowest BCUT2D eigenvalue weighted by molar-refractivity contribution is -0.947. The predicted molar refractivity (Wildman–Crippen MR) is 72.1 cm³/mol. The van der Waals surface area contributed by atoms with Crippen molar-refractivity contribution in [3.8, 4) is 0 Å². The van der Waals surface area contributed by atoms with Gasteiger partial charge in [-0.3, -0.25) is 0 Å². The van der Waals surface area contributed by atoms with Crippen molar-refractivity contribution in [1.29, 1.82) is 0 Å². The summed E-state index contributed by atoms with van der Waals surface area (Å²) in [6.07, 6.45) is 9.76. The van der Waals surface area contributed by atoms with Gasteiger partial charge in [-0.05, 0) is 32.6 Å². The van der Waals surface area contributed by atoms with E-state index in [0.29, 0.717) is 18.6 Å². The van der Waals surface area contributed by atoms with Crippen molar-refractivity contribution in [2.45, 2.75) is 45.1 Å². The molecule has 2 aliphatic heterocycles. The lowest BCUT2D eigenvalue weighted by Crippen LogP contribution is -2.61. The Balaban J connectivity index is 1.93. The monoisotopic (exact) mass is 252 g/mol. The molecule has 102 valence electrons. The second kappa shape index (κ2) is 5.87. The average molecular weight is 252 g/mol. The van der Waals surface area contributed by atoms with Gasteiger partial charge in [-0.25, -0.2) is 4.79 Å². The normalized spacial score (nSPS) is 36.3. The smallest absolute Gasteiger partial charge is 0.330 e. The third-order valence-electron chi connectivity index (χ3n) is 4.75. The van der Waals surface area contributed by atoms with E-state index in [0.717, 1.165) is 0 Å². The Morgan fingerprint density at radius 3 is 2.83 bits per heavy atom. The van der Waals surface area contributed by atoms with Gasteiger partial charge in [0.2, 0.25) is 0 Å². The van der Waals surface area contributed by atoms with E-state index in [2.05, 4.69) is 7.05 Å². The first-order chi connectivity index (χ1) is 8.65. The largest absolute Gasteiger partial charge is 0.462 e.